The van der Waals surface area contributed by atoms with Crippen molar-refractivity contribution >= 4 is 5.78 Å². The van der Waals surface area contributed by atoms with Gasteiger partial charge in [0.05, 0.1) is 11.7 Å². The summed E-state index contributed by atoms with van der Waals surface area (Å²) in [5.41, 5.74) is 0.219. The monoisotopic (exact) mass is 390 g/mol. The van der Waals surface area contributed by atoms with Gasteiger partial charge in [0, 0.05) is 5.92 Å². The van der Waals surface area contributed by atoms with Gasteiger partial charge in [-0.1, -0.05) is 27.7 Å². The quantitative estimate of drug-likeness (QED) is 0.700. The Kier molecular flexibility index (Phi) is 5.27. The minimum absolute atomic E-state index is 0.0690. The normalized spacial score (nSPS) is 50.8. The smallest absolute Gasteiger partial charge is 0.160 e. The molecule has 0 saturated heterocycles. The van der Waals surface area contributed by atoms with Gasteiger partial charge in [-0.25, -0.2) is 0 Å². The van der Waals surface area contributed by atoms with Gasteiger partial charge in [0.1, 0.15) is 6.61 Å². The fraction of sp³-hybridized carbons (Fsp3) is 0.960. The van der Waals surface area contributed by atoms with Crippen LogP contribution in [0.15, 0.2) is 0 Å². The van der Waals surface area contributed by atoms with E-state index in [1.807, 2.05) is 20.8 Å². The Morgan fingerprint density at radius 3 is 2.39 bits per heavy atom. The van der Waals surface area contributed by atoms with Gasteiger partial charge in [0.25, 0.3) is 0 Å². The van der Waals surface area contributed by atoms with Crippen molar-refractivity contribution in [3.05, 3.63) is 0 Å². The zero-order valence-electron chi connectivity index (χ0n) is 18.8. The van der Waals surface area contributed by atoms with Crippen LogP contribution in [0.1, 0.15) is 92.4 Å². The second-order valence-corrected chi connectivity index (χ2v) is 11.9. The lowest BCUT2D eigenvalue weighted by Crippen LogP contribution is -2.56. The van der Waals surface area contributed by atoms with E-state index in [-0.39, 0.29) is 23.2 Å². The van der Waals surface area contributed by atoms with Crippen LogP contribution in [0.3, 0.4) is 0 Å². The number of Topliss-reactive ketones (excluding diaryl/α,β-unsaturated/α-hetero) is 1. The van der Waals surface area contributed by atoms with E-state index in [1.165, 1.54) is 38.5 Å². The molecule has 0 aliphatic heterocycles. The molecule has 0 radical (unpaired) electrons. The molecule has 160 valence electrons. The van der Waals surface area contributed by atoms with Crippen LogP contribution in [0.25, 0.3) is 0 Å². The molecular weight excluding hydrogens is 348 g/mol. The summed E-state index contributed by atoms with van der Waals surface area (Å²) in [5.74, 6) is 3.39. The van der Waals surface area contributed by atoms with Gasteiger partial charge in [-0.15, -0.1) is 0 Å². The fourth-order valence-electron chi connectivity index (χ4n) is 8.01. The van der Waals surface area contributed by atoms with Crippen molar-refractivity contribution in [2.45, 2.75) is 104 Å². The number of ether oxygens (including phenoxy) is 1. The molecule has 0 aromatic rings. The van der Waals surface area contributed by atoms with Gasteiger partial charge >= 0.3 is 0 Å². The van der Waals surface area contributed by atoms with Crippen molar-refractivity contribution in [1.29, 1.82) is 0 Å². The van der Waals surface area contributed by atoms with Crippen LogP contribution in [0.4, 0.5) is 0 Å². The highest BCUT2D eigenvalue weighted by Gasteiger charge is 2.61. The Morgan fingerprint density at radius 1 is 0.964 bits per heavy atom. The van der Waals surface area contributed by atoms with E-state index in [0.29, 0.717) is 17.9 Å². The summed E-state index contributed by atoms with van der Waals surface area (Å²) in [6.45, 7) is 11.3. The van der Waals surface area contributed by atoms with Crippen LogP contribution in [-0.4, -0.2) is 29.2 Å². The van der Waals surface area contributed by atoms with Gasteiger partial charge in [0.2, 0.25) is 0 Å². The maximum absolute atomic E-state index is 12.1. The molecule has 3 nitrogen and oxygen atoms in total. The maximum atomic E-state index is 12.1. The Balaban J connectivity index is 1.48. The van der Waals surface area contributed by atoms with Crippen molar-refractivity contribution in [3.63, 3.8) is 0 Å². The first kappa shape index (κ1) is 20.8. The summed E-state index contributed by atoms with van der Waals surface area (Å²) >= 11 is 0. The van der Waals surface area contributed by atoms with Crippen LogP contribution in [0.2, 0.25) is 0 Å². The number of ketones is 1. The highest BCUT2D eigenvalue weighted by Crippen LogP contribution is 2.67. The van der Waals surface area contributed by atoms with Crippen molar-refractivity contribution in [3.8, 4) is 0 Å². The number of hydrogen-bond acceptors (Lipinski definition) is 3. The van der Waals surface area contributed by atoms with E-state index in [2.05, 4.69) is 13.8 Å². The first-order valence-electron chi connectivity index (χ1n) is 11.9. The standard InChI is InChI=1S/C25H42O3/c1-16(2)21(26)15-28-22-9-8-19-18-7-6-17-14-23(3,27)12-13-24(17,4)20(18)10-11-25(19,22)5/h16-20,22,27H,6-15H2,1-5H3/t17?,18?,19?,20?,22?,23-,24?,25?/m0/s1. The van der Waals surface area contributed by atoms with Crippen molar-refractivity contribution in [2.24, 2.45) is 40.4 Å². The maximum Gasteiger partial charge on any atom is 0.160 e. The molecule has 4 fully saturated rings. The van der Waals surface area contributed by atoms with E-state index in [0.717, 1.165) is 37.0 Å². The topological polar surface area (TPSA) is 46.5 Å². The molecule has 4 saturated carbocycles. The van der Waals surface area contributed by atoms with Crippen LogP contribution in [0.5, 0.6) is 0 Å². The Morgan fingerprint density at radius 2 is 1.68 bits per heavy atom. The summed E-state index contributed by atoms with van der Waals surface area (Å²) in [6, 6.07) is 0. The SMILES string of the molecule is CC(C)C(=O)COC1CCC2C3CCC4C[C@@](C)(O)CCC4(C)C3CCC12C. The third-order valence-corrected chi connectivity index (χ3v) is 9.94. The lowest BCUT2D eigenvalue weighted by molar-refractivity contribution is -0.158. The number of carbonyl (C=O) groups is 1. The summed E-state index contributed by atoms with van der Waals surface area (Å²) in [6.07, 6.45) is 11.0. The molecule has 3 heteroatoms. The van der Waals surface area contributed by atoms with Crippen molar-refractivity contribution in [2.75, 3.05) is 6.61 Å². The van der Waals surface area contributed by atoms with Gasteiger partial charge in [-0.2, -0.15) is 0 Å². The third-order valence-electron chi connectivity index (χ3n) is 9.94. The van der Waals surface area contributed by atoms with E-state index < -0.39 is 5.60 Å². The van der Waals surface area contributed by atoms with Gasteiger partial charge in [-0.3, -0.25) is 4.79 Å². The predicted octanol–water partition coefficient (Wildman–Crippen LogP) is 5.39. The molecule has 0 heterocycles. The molecule has 4 rings (SSSR count). The molecule has 0 aromatic heterocycles. The molecule has 28 heavy (non-hydrogen) atoms. The molecule has 0 bridgehead atoms. The highest BCUT2D eigenvalue weighted by molar-refractivity contribution is 5.81. The average molecular weight is 391 g/mol. The van der Waals surface area contributed by atoms with Crippen LogP contribution < -0.4 is 0 Å². The van der Waals surface area contributed by atoms with Gasteiger partial charge in [-0.05, 0) is 99.2 Å². The molecule has 0 amide bonds. The number of carbonyl (C=O) groups excluding carboxylic acids is 1. The summed E-state index contributed by atoms with van der Waals surface area (Å²) < 4.78 is 6.25. The molecule has 4 aliphatic carbocycles. The zero-order chi connectivity index (χ0) is 20.3. The van der Waals surface area contributed by atoms with Crippen LogP contribution in [-0.2, 0) is 9.53 Å². The minimum atomic E-state index is -0.449. The Labute approximate surface area is 172 Å². The molecule has 7 unspecified atom stereocenters. The second kappa shape index (κ2) is 7.08. The molecule has 1 N–H and O–H groups in total. The fourth-order valence-corrected chi connectivity index (χ4v) is 8.01. The van der Waals surface area contributed by atoms with Crippen molar-refractivity contribution < 1.29 is 14.6 Å². The number of hydrogen-bond donors (Lipinski definition) is 1. The van der Waals surface area contributed by atoms with E-state index in [9.17, 15) is 9.90 Å². The number of fused-ring (bicyclic) bond motifs is 5. The minimum Gasteiger partial charge on any atom is -0.390 e. The largest absolute Gasteiger partial charge is 0.390 e. The summed E-state index contributed by atoms with van der Waals surface area (Å²) in [7, 11) is 0. The highest BCUT2D eigenvalue weighted by atomic mass is 16.5. The number of aliphatic hydroxyl groups is 1. The Bertz CT molecular complexity index is 611. The van der Waals surface area contributed by atoms with Crippen LogP contribution >= 0.6 is 0 Å². The van der Waals surface area contributed by atoms with Crippen LogP contribution in [0, 0.1) is 40.4 Å². The average Bonchev–Trinajstić information content (AvgIpc) is 2.96. The Hall–Kier alpha value is -0.410. The summed E-state index contributed by atoms with van der Waals surface area (Å²) in [4.78, 5) is 12.1. The van der Waals surface area contributed by atoms with E-state index in [1.54, 1.807) is 0 Å². The van der Waals surface area contributed by atoms with Gasteiger partial charge in [0.15, 0.2) is 5.78 Å². The second-order valence-electron chi connectivity index (χ2n) is 11.9. The third kappa shape index (κ3) is 3.29. The molecule has 4 aliphatic rings. The lowest BCUT2D eigenvalue weighted by Gasteiger charge is -2.61. The van der Waals surface area contributed by atoms with E-state index in [4.69, 9.17) is 4.74 Å². The molecule has 0 aromatic carbocycles. The molecular formula is C25H42O3. The van der Waals surface area contributed by atoms with E-state index >= 15 is 0 Å². The predicted molar refractivity (Wildman–Crippen MR) is 112 cm³/mol. The molecule has 0 spiro atoms. The number of rotatable bonds is 4. The van der Waals surface area contributed by atoms with Gasteiger partial charge < -0.3 is 9.84 Å². The zero-order valence-corrected chi connectivity index (χ0v) is 18.8. The lowest BCUT2D eigenvalue weighted by atomic mass is 9.44. The molecule has 8 atom stereocenters. The summed E-state index contributed by atoms with van der Waals surface area (Å²) in [5, 5.41) is 10.6. The first-order chi connectivity index (χ1) is 13.1. The van der Waals surface area contributed by atoms with Crippen molar-refractivity contribution in [1.82, 2.24) is 0 Å². The first-order valence-corrected chi connectivity index (χ1v) is 11.9.